The van der Waals surface area contributed by atoms with Gasteiger partial charge in [0, 0.05) is 54.4 Å². The molecule has 1 aromatic carbocycles. The molecule has 3 aromatic rings. The van der Waals surface area contributed by atoms with Gasteiger partial charge < -0.3 is 20.1 Å². The molecule has 0 saturated carbocycles. The molecule has 1 unspecified atom stereocenters. The largest absolute Gasteiger partial charge is 0.383 e. The van der Waals surface area contributed by atoms with Gasteiger partial charge in [-0.15, -0.1) is 0 Å². The highest BCUT2D eigenvalue weighted by Gasteiger charge is 2.39. The second-order valence-corrected chi connectivity index (χ2v) is 12.7. The van der Waals surface area contributed by atoms with Gasteiger partial charge >= 0.3 is 0 Å². The van der Waals surface area contributed by atoms with E-state index in [1.54, 1.807) is 27.7 Å². The fourth-order valence-corrected chi connectivity index (χ4v) is 7.59. The topological polar surface area (TPSA) is 148 Å². The highest BCUT2D eigenvalue weighted by molar-refractivity contribution is 7.89. The summed E-state index contributed by atoms with van der Waals surface area (Å²) in [6.45, 7) is 3.01. The lowest BCUT2D eigenvalue weighted by Gasteiger charge is -2.39. The number of piperidine rings is 2. The van der Waals surface area contributed by atoms with E-state index in [-0.39, 0.29) is 40.7 Å². The molecule has 2 bridgehead atoms. The molecule has 2 aromatic heterocycles. The Hall–Kier alpha value is -3.77. The predicted octanol–water partition coefficient (Wildman–Crippen LogP) is 1.34. The third-order valence-electron chi connectivity index (χ3n) is 8.35. The molecule has 3 atom stereocenters. The number of fused-ring (bicyclic) bond motifs is 3. The van der Waals surface area contributed by atoms with Crippen LogP contribution in [0.3, 0.4) is 0 Å². The number of nitrogen functional groups attached to an aromatic ring is 1. The van der Waals surface area contributed by atoms with Crippen LogP contribution in [0.1, 0.15) is 43.0 Å². The maximum atomic E-state index is 13.5. The number of aryl methyl sites for hydroxylation is 1. The van der Waals surface area contributed by atoms with Crippen LogP contribution in [-0.4, -0.2) is 71.3 Å². The Morgan fingerprint density at radius 1 is 1.10 bits per heavy atom. The molecule has 3 N–H and O–H groups in total. The number of amides is 2. The molecule has 4 aliphatic rings. The minimum atomic E-state index is -4.04. The summed E-state index contributed by atoms with van der Waals surface area (Å²) in [5, 5.41) is 1.30. The van der Waals surface area contributed by atoms with E-state index in [4.69, 9.17) is 5.73 Å². The number of aromatic nitrogens is 2. The first kappa shape index (κ1) is 26.5. The molecule has 2 fully saturated rings. The van der Waals surface area contributed by atoms with E-state index in [1.807, 2.05) is 19.1 Å². The van der Waals surface area contributed by atoms with E-state index in [0.29, 0.717) is 37.9 Å². The van der Waals surface area contributed by atoms with Crippen molar-refractivity contribution in [1.29, 1.82) is 0 Å². The molecule has 11 nitrogen and oxygen atoms in total. The zero-order valence-electron chi connectivity index (χ0n) is 22.2. The van der Waals surface area contributed by atoms with Gasteiger partial charge in [-0.25, -0.2) is 13.4 Å². The predicted molar refractivity (Wildman–Crippen MR) is 149 cm³/mol. The molecule has 0 spiro atoms. The third-order valence-corrected chi connectivity index (χ3v) is 9.82. The molecule has 0 radical (unpaired) electrons. The first-order valence-electron chi connectivity index (χ1n) is 13.6. The lowest BCUT2D eigenvalue weighted by Crippen LogP contribution is -2.56. The normalized spacial score (nSPS) is 22.8. The Bertz CT molecular complexity index is 1690. The van der Waals surface area contributed by atoms with Crippen molar-refractivity contribution in [3.05, 3.63) is 64.2 Å². The number of hydrogen-bond donors (Lipinski definition) is 2. The molecule has 6 heterocycles. The first-order chi connectivity index (χ1) is 19.1. The van der Waals surface area contributed by atoms with Crippen molar-refractivity contribution in [2.45, 2.75) is 62.0 Å². The van der Waals surface area contributed by atoms with Crippen molar-refractivity contribution in [1.82, 2.24) is 24.1 Å². The summed E-state index contributed by atoms with van der Waals surface area (Å²) in [7, 11) is -4.04. The monoisotopic (exact) mass is 564 g/mol. The number of benzene rings is 1. The van der Waals surface area contributed by atoms with E-state index in [9.17, 15) is 22.8 Å². The summed E-state index contributed by atoms with van der Waals surface area (Å²) < 4.78 is 30.8. The first-order valence-corrected chi connectivity index (χ1v) is 15.1. The van der Waals surface area contributed by atoms with Crippen molar-refractivity contribution >= 4 is 38.4 Å². The van der Waals surface area contributed by atoms with E-state index in [1.165, 1.54) is 17.0 Å². The van der Waals surface area contributed by atoms with Gasteiger partial charge in [-0.2, -0.15) is 4.72 Å². The lowest BCUT2D eigenvalue weighted by molar-refractivity contribution is -0.145. The molecular formula is C28H32N6O5S. The van der Waals surface area contributed by atoms with Gasteiger partial charge in [0.25, 0.3) is 5.56 Å². The number of pyridine rings is 2. The average Bonchev–Trinajstić information content (AvgIpc) is 3.20. The van der Waals surface area contributed by atoms with Crippen molar-refractivity contribution in [3.63, 3.8) is 0 Å². The van der Waals surface area contributed by atoms with Crippen LogP contribution in [0, 0.1) is 6.92 Å². The number of nitrogens with one attached hydrogen (secondary N) is 1. The van der Waals surface area contributed by atoms with Gasteiger partial charge in [0.1, 0.15) is 11.9 Å². The minimum Gasteiger partial charge on any atom is -0.383 e. The van der Waals surface area contributed by atoms with Crippen molar-refractivity contribution in [2.24, 2.45) is 0 Å². The molecule has 12 heteroatoms. The van der Waals surface area contributed by atoms with Gasteiger partial charge in [0.2, 0.25) is 21.8 Å². The van der Waals surface area contributed by atoms with E-state index < -0.39 is 22.0 Å². The quantitative estimate of drug-likeness (QED) is 0.475. The van der Waals surface area contributed by atoms with Crippen LogP contribution in [-0.2, 0) is 26.2 Å². The minimum absolute atomic E-state index is 0.00578. The smallest absolute Gasteiger partial charge is 0.250 e. The molecule has 4 aliphatic heterocycles. The molecule has 40 heavy (non-hydrogen) atoms. The van der Waals surface area contributed by atoms with Crippen LogP contribution in [0.15, 0.2) is 52.2 Å². The van der Waals surface area contributed by atoms with Gasteiger partial charge in [-0.05, 0) is 62.3 Å². The molecule has 2 saturated heterocycles. The molecule has 210 valence electrons. The second kappa shape index (κ2) is 10.0. The van der Waals surface area contributed by atoms with E-state index in [2.05, 4.69) is 9.71 Å². The zero-order valence-corrected chi connectivity index (χ0v) is 23.1. The lowest BCUT2D eigenvalue weighted by atomic mass is 9.92. The second-order valence-electron chi connectivity index (χ2n) is 11.0. The van der Waals surface area contributed by atoms with Crippen molar-refractivity contribution in [3.8, 4) is 0 Å². The number of hydrogen-bond acceptors (Lipinski definition) is 7. The number of nitrogens with zero attached hydrogens (tertiary/aromatic N) is 4. The van der Waals surface area contributed by atoms with Crippen LogP contribution >= 0.6 is 0 Å². The summed E-state index contributed by atoms with van der Waals surface area (Å²) in [6.07, 6.45) is 2.60. The molecular weight excluding hydrogens is 532 g/mol. The maximum Gasteiger partial charge on any atom is 0.250 e. The van der Waals surface area contributed by atoms with Gasteiger partial charge in [-0.1, -0.05) is 12.1 Å². The summed E-state index contributed by atoms with van der Waals surface area (Å²) in [6, 6.07) is 10.6. The SMILES string of the molecule is Cc1cc2ccc(S(=O)(=O)N[C@H]3CCCN(CC(=O)N4C[C@@H]5CCC4Cn4c5cccc4=O)C3=O)cc2c(N)n1. The Kier molecular flexibility index (Phi) is 6.62. The van der Waals surface area contributed by atoms with Crippen LogP contribution in [0.25, 0.3) is 10.8 Å². The molecule has 0 aliphatic carbocycles. The summed E-state index contributed by atoms with van der Waals surface area (Å²) in [5.74, 6) is -0.288. The average molecular weight is 565 g/mol. The number of nitrogens with two attached hydrogens (primary N) is 1. The Labute approximate surface area is 232 Å². The molecule has 2 amide bonds. The van der Waals surface area contributed by atoms with Crippen molar-refractivity contribution in [2.75, 3.05) is 25.4 Å². The summed E-state index contributed by atoms with van der Waals surface area (Å²) in [4.78, 5) is 46.8. The Morgan fingerprint density at radius 3 is 2.75 bits per heavy atom. The number of anilines is 1. The number of likely N-dealkylation sites (tertiary alicyclic amines) is 1. The fraction of sp³-hybridized carbons (Fsp3) is 0.429. The highest BCUT2D eigenvalue weighted by Crippen LogP contribution is 2.34. The highest BCUT2D eigenvalue weighted by atomic mass is 32.2. The van der Waals surface area contributed by atoms with E-state index >= 15 is 0 Å². The summed E-state index contributed by atoms with van der Waals surface area (Å²) in [5.41, 5.74) is 7.65. The van der Waals surface area contributed by atoms with Crippen molar-refractivity contribution < 1.29 is 18.0 Å². The number of rotatable bonds is 5. The number of sulfonamides is 1. The molecule has 7 rings (SSSR count). The van der Waals surface area contributed by atoms with Crippen LogP contribution < -0.4 is 16.0 Å². The van der Waals surface area contributed by atoms with Gasteiger partial charge in [0.15, 0.2) is 0 Å². The van der Waals surface area contributed by atoms with Crippen LogP contribution in [0.5, 0.6) is 0 Å². The fourth-order valence-electron chi connectivity index (χ4n) is 6.34. The number of carbonyl (C=O) groups is 2. The van der Waals surface area contributed by atoms with Gasteiger partial charge in [0.05, 0.1) is 11.4 Å². The zero-order chi connectivity index (χ0) is 28.2. The summed E-state index contributed by atoms with van der Waals surface area (Å²) >= 11 is 0. The third kappa shape index (κ3) is 4.75. The van der Waals surface area contributed by atoms with Gasteiger partial charge in [-0.3, -0.25) is 14.4 Å². The van der Waals surface area contributed by atoms with Crippen LogP contribution in [0.4, 0.5) is 5.82 Å². The Balaban J connectivity index is 1.16. The standard InChI is InChI=1S/C28H32N6O5S/c1-17-12-18-8-10-21(13-22(18)27(29)30-17)40(38,39)31-23-4-3-11-32(28(23)37)16-26(36)33-14-19-7-9-20(33)15-34-24(19)5-2-6-25(34)35/h2,5-6,8,10,12-13,19-20,23,31H,3-4,7,9,11,14-16H2,1H3,(H2,29,30)/t19-,20?,23-/m0/s1. The maximum absolute atomic E-state index is 13.5. The number of carbonyl (C=O) groups excluding carboxylic acids is 2. The van der Waals surface area contributed by atoms with E-state index in [0.717, 1.165) is 29.6 Å². The van der Waals surface area contributed by atoms with Crippen LogP contribution in [0.2, 0.25) is 0 Å². The Morgan fingerprint density at radius 2 is 1.93 bits per heavy atom.